The second kappa shape index (κ2) is 4.75. The smallest absolute Gasteiger partial charge is 0.331 e. The molecule has 1 amide bonds. The van der Waals surface area contributed by atoms with E-state index in [4.69, 9.17) is 0 Å². The number of amides is 1. The highest BCUT2D eigenvalue weighted by Crippen LogP contribution is 2.34. The van der Waals surface area contributed by atoms with Crippen LogP contribution in [-0.4, -0.2) is 38.0 Å². The number of carbonyl (C=O) groups is 2. The van der Waals surface area contributed by atoms with E-state index in [-0.39, 0.29) is 5.91 Å². The van der Waals surface area contributed by atoms with E-state index in [9.17, 15) is 14.7 Å². The van der Waals surface area contributed by atoms with E-state index in [1.165, 1.54) is 17.4 Å². The number of nitrogens with zero attached hydrogens (tertiary/aromatic N) is 3. The Morgan fingerprint density at radius 1 is 1.50 bits per heavy atom. The molecule has 0 bridgehead atoms. The van der Waals surface area contributed by atoms with Gasteiger partial charge in [0.15, 0.2) is 6.04 Å². The molecule has 1 aliphatic heterocycles. The first kappa shape index (κ1) is 12.9. The van der Waals surface area contributed by atoms with Crippen LogP contribution in [-0.2, 0) is 18.3 Å². The first-order chi connectivity index (χ1) is 9.59. The molecule has 3 heterocycles. The average molecular weight is 291 g/mol. The lowest BCUT2D eigenvalue weighted by Gasteiger charge is -2.33. The molecular weight excluding hydrogens is 278 g/mol. The molecule has 0 saturated heterocycles. The first-order valence-electron chi connectivity index (χ1n) is 6.16. The van der Waals surface area contributed by atoms with Crippen molar-refractivity contribution < 1.29 is 14.7 Å². The third kappa shape index (κ3) is 1.90. The van der Waals surface area contributed by atoms with Crippen molar-refractivity contribution in [3.05, 3.63) is 40.1 Å². The highest BCUT2D eigenvalue weighted by Gasteiger charge is 2.37. The maximum atomic E-state index is 12.5. The van der Waals surface area contributed by atoms with Gasteiger partial charge < -0.3 is 14.6 Å². The van der Waals surface area contributed by atoms with Gasteiger partial charge in [0.25, 0.3) is 5.91 Å². The Balaban J connectivity index is 2.00. The Kier molecular flexibility index (Phi) is 3.06. The topological polar surface area (TPSA) is 75.4 Å². The highest BCUT2D eigenvalue weighted by molar-refractivity contribution is 7.10. The zero-order valence-corrected chi connectivity index (χ0v) is 11.6. The molecule has 6 nitrogen and oxygen atoms in total. The Bertz CT molecular complexity index is 676. The maximum Gasteiger partial charge on any atom is 0.331 e. The van der Waals surface area contributed by atoms with Crippen LogP contribution in [0.3, 0.4) is 0 Å². The minimum Gasteiger partial charge on any atom is -0.479 e. The number of carboxylic acid groups (broad SMARTS) is 1. The van der Waals surface area contributed by atoms with E-state index < -0.39 is 12.0 Å². The summed E-state index contributed by atoms with van der Waals surface area (Å²) in [4.78, 5) is 30.5. The zero-order valence-electron chi connectivity index (χ0n) is 10.8. The number of rotatable bonds is 2. The third-order valence-electron chi connectivity index (χ3n) is 3.50. The average Bonchev–Trinajstić information content (AvgIpc) is 3.04. The van der Waals surface area contributed by atoms with Crippen molar-refractivity contribution in [1.82, 2.24) is 14.5 Å². The summed E-state index contributed by atoms with van der Waals surface area (Å²) in [5.74, 6) is -1.30. The minimum atomic E-state index is -1.00. The van der Waals surface area contributed by atoms with Gasteiger partial charge in [-0.05, 0) is 23.4 Å². The van der Waals surface area contributed by atoms with Crippen LogP contribution in [0.15, 0.2) is 24.0 Å². The second-order valence-electron chi connectivity index (χ2n) is 4.68. The standard InChI is InChI=1S/C13H13N3O3S/c1-15-7-14-6-9(15)12(17)16-4-2-10-8(3-5-20-10)11(16)13(18)19/h3,5-7,11H,2,4H2,1H3,(H,18,19). The minimum absolute atomic E-state index is 0.297. The number of thiophene rings is 1. The number of hydrogen-bond acceptors (Lipinski definition) is 4. The first-order valence-corrected chi connectivity index (χ1v) is 7.04. The summed E-state index contributed by atoms with van der Waals surface area (Å²) in [5, 5.41) is 11.4. The highest BCUT2D eigenvalue weighted by atomic mass is 32.1. The number of fused-ring (bicyclic) bond motifs is 1. The molecule has 1 atom stereocenters. The molecule has 1 aliphatic rings. The molecule has 0 aliphatic carbocycles. The molecule has 0 fully saturated rings. The summed E-state index contributed by atoms with van der Waals surface area (Å²) >= 11 is 1.54. The predicted molar refractivity (Wildman–Crippen MR) is 72.6 cm³/mol. The molecule has 3 rings (SSSR count). The SMILES string of the molecule is Cn1cncc1C(=O)N1CCc2sccc2C1C(=O)O. The van der Waals surface area contributed by atoms with E-state index >= 15 is 0 Å². The molecule has 1 unspecified atom stereocenters. The summed E-state index contributed by atoms with van der Waals surface area (Å²) in [6.45, 7) is 0.411. The molecule has 2 aromatic heterocycles. The van der Waals surface area contributed by atoms with Gasteiger partial charge in [0, 0.05) is 18.5 Å². The van der Waals surface area contributed by atoms with Gasteiger partial charge in [-0.25, -0.2) is 9.78 Å². The van der Waals surface area contributed by atoms with Gasteiger partial charge in [0.2, 0.25) is 0 Å². The van der Waals surface area contributed by atoms with Crippen molar-refractivity contribution in [1.29, 1.82) is 0 Å². The van der Waals surface area contributed by atoms with E-state index in [0.717, 1.165) is 10.4 Å². The molecule has 0 saturated carbocycles. The number of imidazole rings is 1. The number of hydrogen-bond donors (Lipinski definition) is 1. The molecule has 0 aromatic carbocycles. The largest absolute Gasteiger partial charge is 0.479 e. The lowest BCUT2D eigenvalue weighted by atomic mass is 9.99. The predicted octanol–water partition coefficient (Wildman–Crippen LogP) is 1.31. The number of aryl methyl sites for hydroxylation is 1. The number of aromatic nitrogens is 2. The van der Waals surface area contributed by atoms with E-state index in [1.54, 1.807) is 29.0 Å². The van der Waals surface area contributed by atoms with Gasteiger partial charge in [-0.1, -0.05) is 0 Å². The monoisotopic (exact) mass is 291 g/mol. The van der Waals surface area contributed by atoms with Crippen LogP contribution in [0.4, 0.5) is 0 Å². The van der Waals surface area contributed by atoms with Crippen LogP contribution >= 0.6 is 11.3 Å². The molecule has 1 N–H and O–H groups in total. The molecule has 2 aromatic rings. The van der Waals surface area contributed by atoms with Crippen LogP contribution in [0.2, 0.25) is 0 Å². The van der Waals surface area contributed by atoms with Crippen LogP contribution < -0.4 is 0 Å². The van der Waals surface area contributed by atoms with Crippen LogP contribution in [0, 0.1) is 0 Å². The quantitative estimate of drug-likeness (QED) is 0.905. The van der Waals surface area contributed by atoms with Crippen molar-refractivity contribution >= 4 is 23.2 Å². The van der Waals surface area contributed by atoms with Crippen LogP contribution in [0.5, 0.6) is 0 Å². The fraction of sp³-hybridized carbons (Fsp3) is 0.308. The van der Waals surface area contributed by atoms with Gasteiger partial charge in [0.05, 0.1) is 12.5 Å². The van der Waals surface area contributed by atoms with Crippen LogP contribution in [0.1, 0.15) is 27.0 Å². The van der Waals surface area contributed by atoms with Gasteiger partial charge in [-0.2, -0.15) is 0 Å². The van der Waals surface area contributed by atoms with Gasteiger partial charge in [-0.15, -0.1) is 11.3 Å². The number of aliphatic carboxylic acids is 1. The maximum absolute atomic E-state index is 12.5. The van der Waals surface area contributed by atoms with Crippen molar-refractivity contribution in [2.24, 2.45) is 7.05 Å². The van der Waals surface area contributed by atoms with E-state index in [1.807, 2.05) is 5.38 Å². The fourth-order valence-electron chi connectivity index (χ4n) is 2.51. The molecule has 104 valence electrons. The summed E-state index contributed by atoms with van der Waals surface area (Å²) in [7, 11) is 1.72. The third-order valence-corrected chi connectivity index (χ3v) is 4.49. The molecule has 20 heavy (non-hydrogen) atoms. The lowest BCUT2D eigenvalue weighted by molar-refractivity contribution is -0.143. The molecular formula is C13H13N3O3S. The zero-order chi connectivity index (χ0) is 14.3. The summed E-state index contributed by atoms with van der Waals surface area (Å²) < 4.78 is 1.60. The summed E-state index contributed by atoms with van der Waals surface area (Å²) in [6.07, 6.45) is 3.69. The van der Waals surface area contributed by atoms with Crippen molar-refractivity contribution in [3.63, 3.8) is 0 Å². The van der Waals surface area contributed by atoms with Gasteiger partial charge >= 0.3 is 5.97 Å². The van der Waals surface area contributed by atoms with Crippen molar-refractivity contribution in [2.45, 2.75) is 12.5 Å². The number of carbonyl (C=O) groups excluding carboxylic acids is 1. The molecule has 7 heteroatoms. The Morgan fingerprint density at radius 2 is 2.30 bits per heavy atom. The second-order valence-corrected chi connectivity index (χ2v) is 5.68. The Labute approximate surface area is 119 Å². The van der Waals surface area contributed by atoms with Gasteiger partial charge in [-0.3, -0.25) is 4.79 Å². The van der Waals surface area contributed by atoms with Gasteiger partial charge in [0.1, 0.15) is 5.69 Å². The van der Waals surface area contributed by atoms with Crippen LogP contribution in [0.25, 0.3) is 0 Å². The molecule has 0 spiro atoms. The summed E-state index contributed by atoms with van der Waals surface area (Å²) in [6, 6.07) is 0.883. The molecule has 0 radical (unpaired) electrons. The fourth-order valence-corrected chi connectivity index (χ4v) is 3.42. The lowest BCUT2D eigenvalue weighted by Crippen LogP contribution is -2.43. The normalized spacial score (nSPS) is 17.9. The Morgan fingerprint density at radius 3 is 2.95 bits per heavy atom. The number of carboxylic acids is 1. The van der Waals surface area contributed by atoms with E-state index in [0.29, 0.717) is 18.7 Å². The summed E-state index contributed by atoms with van der Waals surface area (Å²) in [5.41, 5.74) is 1.12. The van der Waals surface area contributed by atoms with Crippen molar-refractivity contribution in [3.8, 4) is 0 Å². The van der Waals surface area contributed by atoms with E-state index in [2.05, 4.69) is 4.98 Å². The van der Waals surface area contributed by atoms with Crippen molar-refractivity contribution in [2.75, 3.05) is 6.54 Å². The Hall–Kier alpha value is -2.15.